The van der Waals surface area contributed by atoms with E-state index in [0.29, 0.717) is 22.1 Å². The molecule has 15 rings (SSSR count). The summed E-state index contributed by atoms with van der Waals surface area (Å²) in [5, 5.41) is 1.35. The lowest BCUT2D eigenvalue weighted by Crippen LogP contribution is -2.63. The summed E-state index contributed by atoms with van der Waals surface area (Å²) in [6.45, 7) is 21.7. The highest BCUT2D eigenvalue weighted by Gasteiger charge is 2.57. The van der Waals surface area contributed by atoms with Crippen LogP contribution in [0.25, 0.3) is 77.6 Å². The molecule has 0 radical (unpaired) electrons. The predicted molar refractivity (Wildman–Crippen MR) is 307 cm³/mol. The average Bonchev–Trinajstić information content (AvgIpc) is 3.29. The maximum atomic E-state index is 16.0. The summed E-state index contributed by atoms with van der Waals surface area (Å²) < 4.78 is 100.0. The second-order valence-electron chi connectivity index (χ2n) is 26.5. The van der Waals surface area contributed by atoms with Gasteiger partial charge in [0.05, 0.1) is 27.8 Å². The Balaban J connectivity index is 1.22. The third-order valence-corrected chi connectivity index (χ3v) is 19.1. The van der Waals surface area contributed by atoms with Gasteiger partial charge in [-0.1, -0.05) is 178 Å². The average molecular weight is 1040 g/mol. The van der Waals surface area contributed by atoms with Crippen molar-refractivity contribution in [1.29, 1.82) is 0 Å². The molecule has 2 nitrogen and oxygen atoms in total. The van der Waals surface area contributed by atoms with Gasteiger partial charge in [-0.2, -0.15) is 26.3 Å². The Morgan fingerprint density at radius 2 is 0.987 bits per heavy atom. The molecule has 1 spiro atoms. The van der Waals surface area contributed by atoms with Crippen LogP contribution in [-0.2, 0) is 39.4 Å². The first-order chi connectivity index (χ1) is 36.7. The van der Waals surface area contributed by atoms with E-state index in [-0.39, 0.29) is 27.0 Å². The lowest BCUT2D eigenvalue weighted by molar-refractivity contribution is -0.138. The normalized spacial score (nSPS) is 16.9. The summed E-state index contributed by atoms with van der Waals surface area (Å²) >= 11 is 0. The van der Waals surface area contributed by atoms with Gasteiger partial charge < -0.3 is 9.13 Å². The summed E-state index contributed by atoms with van der Waals surface area (Å²) in [6, 6.07) is 45.5. The van der Waals surface area contributed by atoms with Crippen LogP contribution in [0.2, 0.25) is 0 Å². The van der Waals surface area contributed by atoms with E-state index in [1.807, 2.05) is 48.5 Å². The highest BCUT2D eigenvalue weighted by Crippen LogP contribution is 2.63. The maximum Gasteiger partial charge on any atom is 0.416 e. The minimum absolute atomic E-state index is 0.105. The highest BCUT2D eigenvalue weighted by atomic mass is 19.4. The van der Waals surface area contributed by atoms with Gasteiger partial charge in [0.25, 0.3) is 6.71 Å². The van der Waals surface area contributed by atoms with Gasteiger partial charge in [0.15, 0.2) is 0 Å². The molecular formula is C69H57BF6N2. The van der Waals surface area contributed by atoms with Crippen molar-refractivity contribution in [3.05, 3.63) is 195 Å². The summed E-state index contributed by atoms with van der Waals surface area (Å²) in [5.41, 5.74) is 15.4. The topological polar surface area (TPSA) is 9.86 Å². The molecule has 10 aromatic rings. The Hall–Kier alpha value is -7.26. The van der Waals surface area contributed by atoms with Crippen LogP contribution < -0.4 is 16.4 Å². The molecule has 9 heteroatoms. The van der Waals surface area contributed by atoms with Gasteiger partial charge in [-0.15, -0.1) is 0 Å². The number of benzene rings is 8. The van der Waals surface area contributed by atoms with E-state index in [1.54, 1.807) is 0 Å². The van der Waals surface area contributed by atoms with E-state index in [1.165, 1.54) is 28.8 Å². The molecule has 78 heavy (non-hydrogen) atoms. The number of hydrogen-bond donors (Lipinski definition) is 0. The van der Waals surface area contributed by atoms with Crippen LogP contribution >= 0.6 is 0 Å². The van der Waals surface area contributed by atoms with Crippen LogP contribution in [0.15, 0.2) is 140 Å². The summed E-state index contributed by atoms with van der Waals surface area (Å²) in [5.74, 6) is 0. The molecule has 388 valence electrons. The molecule has 5 aliphatic rings. The van der Waals surface area contributed by atoms with Gasteiger partial charge in [-0.05, 0) is 148 Å². The highest BCUT2D eigenvalue weighted by molar-refractivity contribution is 7.00. The smallest absolute Gasteiger partial charge is 0.310 e. The van der Waals surface area contributed by atoms with Crippen molar-refractivity contribution in [2.24, 2.45) is 0 Å². The van der Waals surface area contributed by atoms with E-state index in [9.17, 15) is 0 Å². The predicted octanol–water partition coefficient (Wildman–Crippen LogP) is 16.9. The van der Waals surface area contributed by atoms with Crippen molar-refractivity contribution in [2.45, 2.75) is 122 Å². The van der Waals surface area contributed by atoms with Gasteiger partial charge in [-0.25, -0.2) is 0 Å². The fourth-order valence-electron chi connectivity index (χ4n) is 15.4. The lowest BCUT2D eigenvalue weighted by Gasteiger charge is -2.47. The number of nitrogens with zero attached hydrogens (tertiary/aromatic N) is 2. The fourth-order valence-corrected chi connectivity index (χ4v) is 15.4. The van der Waals surface area contributed by atoms with Crippen molar-refractivity contribution in [3.63, 3.8) is 0 Å². The number of aromatic nitrogens is 2. The van der Waals surface area contributed by atoms with E-state index in [4.69, 9.17) is 0 Å². The van der Waals surface area contributed by atoms with E-state index in [0.717, 1.165) is 114 Å². The largest absolute Gasteiger partial charge is 0.416 e. The zero-order chi connectivity index (χ0) is 54.5. The molecule has 0 fully saturated rings. The minimum Gasteiger partial charge on any atom is -0.310 e. The first kappa shape index (κ1) is 47.9. The maximum absolute atomic E-state index is 16.0. The number of halogens is 6. The van der Waals surface area contributed by atoms with Crippen molar-refractivity contribution in [2.75, 3.05) is 0 Å². The molecule has 0 unspecified atom stereocenters. The molecule has 2 aliphatic carbocycles. The Morgan fingerprint density at radius 3 is 1.56 bits per heavy atom. The number of rotatable bonds is 2. The Kier molecular flexibility index (Phi) is 9.03. The first-order valence-corrected chi connectivity index (χ1v) is 27.4. The second kappa shape index (κ2) is 14.7. The SMILES string of the molecule is CC(C)(C)c1ccc(-c2c(-c3ccc(C(C)(C)C)cc3)n3c4c(c5c(cc24)C(C)(C)CCC5(C)C)B2c4c-3ccc3c4-n4c5c2cc(C(F)(F)F)cc5c2cc(C(F)(F)F)cc(c24)C32c3ccccc3-c3ccccc32)cc1. The molecule has 3 aliphatic heterocycles. The molecular weight excluding hydrogens is 982 g/mol. The molecule has 8 aromatic carbocycles. The third-order valence-electron chi connectivity index (χ3n) is 19.1. The van der Waals surface area contributed by atoms with Crippen LogP contribution in [0.4, 0.5) is 26.3 Å². The molecule has 0 bridgehead atoms. The fraction of sp³-hybridized carbons (Fsp3) is 0.275. The molecule has 0 amide bonds. The van der Waals surface area contributed by atoms with E-state index >= 15 is 26.3 Å². The Labute approximate surface area is 450 Å². The zero-order valence-electron chi connectivity index (χ0n) is 45.4. The van der Waals surface area contributed by atoms with Gasteiger partial charge in [-0.3, -0.25) is 0 Å². The van der Waals surface area contributed by atoms with Crippen LogP contribution in [0.5, 0.6) is 0 Å². The minimum atomic E-state index is -4.82. The van der Waals surface area contributed by atoms with Gasteiger partial charge >= 0.3 is 12.4 Å². The molecule has 0 saturated heterocycles. The number of alkyl halides is 6. The van der Waals surface area contributed by atoms with Gasteiger partial charge in [0.2, 0.25) is 0 Å². The lowest BCUT2D eigenvalue weighted by atomic mass is 9.32. The third kappa shape index (κ3) is 5.93. The van der Waals surface area contributed by atoms with Gasteiger partial charge in [0, 0.05) is 44.1 Å². The standard InChI is InChI=1S/C69H57BF6N2/c1-63(2,3)38-23-19-36(20-24-38)54-46-35-50-55(66(9,10)30-29-65(50,7)8)57-61(46)77(58(54)37-21-25-39(26-22-37)64(4,5)6)53-28-27-49-62-56(53)70(57)52-34-41(69(74,75)76)32-45-44-31-40(68(71,72)73)33-51(59(44)78(62)60(45)52)67(49)47-17-13-11-15-42(47)43-16-12-14-18-48(43)67/h11-28,31-35H,29-30H2,1-10H3. The van der Waals surface area contributed by atoms with Crippen molar-refractivity contribution >= 4 is 55.8 Å². The molecule has 0 saturated carbocycles. The summed E-state index contributed by atoms with van der Waals surface area (Å²) in [4.78, 5) is 0. The second-order valence-corrected chi connectivity index (χ2v) is 26.5. The van der Waals surface area contributed by atoms with Crippen LogP contribution in [0.3, 0.4) is 0 Å². The van der Waals surface area contributed by atoms with Crippen LogP contribution in [0.1, 0.15) is 138 Å². The van der Waals surface area contributed by atoms with Gasteiger partial charge in [0.1, 0.15) is 0 Å². The Bertz CT molecular complexity index is 4310. The van der Waals surface area contributed by atoms with Crippen molar-refractivity contribution in [3.8, 4) is 44.9 Å². The molecule has 5 heterocycles. The summed E-state index contributed by atoms with van der Waals surface area (Å²) in [7, 11) is 0. The summed E-state index contributed by atoms with van der Waals surface area (Å²) in [6.07, 6.45) is -7.88. The monoisotopic (exact) mass is 1040 g/mol. The van der Waals surface area contributed by atoms with Crippen molar-refractivity contribution in [1.82, 2.24) is 9.13 Å². The molecule has 2 aromatic heterocycles. The van der Waals surface area contributed by atoms with E-state index < -0.39 is 41.0 Å². The quantitative estimate of drug-likeness (QED) is 0.121. The Morgan fingerprint density at radius 1 is 0.449 bits per heavy atom. The van der Waals surface area contributed by atoms with Crippen molar-refractivity contribution < 1.29 is 26.3 Å². The first-order valence-electron chi connectivity index (χ1n) is 27.4. The van der Waals surface area contributed by atoms with Crippen LogP contribution in [-0.4, -0.2) is 15.8 Å². The number of fused-ring (bicyclic) bond motifs is 13. The molecule has 0 N–H and O–H groups in total. The van der Waals surface area contributed by atoms with E-state index in [2.05, 4.69) is 145 Å². The molecule has 0 atom stereocenters. The van der Waals surface area contributed by atoms with Crippen LogP contribution in [0, 0.1) is 0 Å². The number of hydrogen-bond acceptors (Lipinski definition) is 0. The zero-order valence-corrected chi connectivity index (χ0v) is 45.4.